The van der Waals surface area contributed by atoms with Gasteiger partial charge in [0.1, 0.15) is 0 Å². The summed E-state index contributed by atoms with van der Waals surface area (Å²) in [5, 5.41) is 1.02. The highest BCUT2D eigenvalue weighted by Gasteiger charge is 2.07. The predicted octanol–water partition coefficient (Wildman–Crippen LogP) is 3.72. The van der Waals surface area contributed by atoms with Crippen molar-refractivity contribution in [3.05, 3.63) is 23.8 Å². The third-order valence-electron chi connectivity index (χ3n) is 2.02. The van der Waals surface area contributed by atoms with E-state index in [0.29, 0.717) is 5.56 Å². The fraction of sp³-hybridized carbons (Fsp3) is 0.100. The van der Waals surface area contributed by atoms with Crippen LogP contribution in [0.15, 0.2) is 27.3 Å². The molecule has 0 saturated carbocycles. The molecule has 0 spiro atoms. The summed E-state index contributed by atoms with van der Waals surface area (Å²) in [4.78, 5) is 11.6. The van der Waals surface area contributed by atoms with Gasteiger partial charge in [0.15, 0.2) is 6.29 Å². The maximum Gasteiger partial charge on any atom is 0.151 e. The van der Waals surface area contributed by atoms with E-state index in [1.807, 2.05) is 24.5 Å². The minimum absolute atomic E-state index is 0.697. The van der Waals surface area contributed by atoms with Crippen LogP contribution in [0.3, 0.4) is 0 Å². The van der Waals surface area contributed by atoms with E-state index in [-0.39, 0.29) is 0 Å². The lowest BCUT2D eigenvalue weighted by Gasteiger charge is -1.97. The van der Waals surface area contributed by atoms with Gasteiger partial charge in [-0.25, -0.2) is 0 Å². The molecule has 0 aliphatic carbocycles. The normalized spacial score (nSPS) is 10.7. The lowest BCUT2D eigenvalue weighted by atomic mass is 10.1. The molecule has 0 bridgehead atoms. The molecule has 1 aromatic carbocycles. The number of carbonyl (C=O) groups excluding carboxylic acids is 1. The first-order valence-corrected chi connectivity index (χ1v) is 6.50. The van der Waals surface area contributed by atoms with Crippen LogP contribution in [0.4, 0.5) is 0 Å². The van der Waals surface area contributed by atoms with Crippen molar-refractivity contribution in [3.8, 4) is 0 Å². The minimum Gasteiger partial charge on any atom is -0.298 e. The van der Waals surface area contributed by atoms with Gasteiger partial charge < -0.3 is 0 Å². The molecule has 1 heterocycles. The standard InChI is InChI=1S/C10H8OS3/c1-13-10-4-6-7(5-11)8(12)2-3-9(6)14-10/h2-5,12H,1H3. The molecule has 0 radical (unpaired) electrons. The summed E-state index contributed by atoms with van der Waals surface area (Å²) in [5.41, 5.74) is 0.697. The van der Waals surface area contributed by atoms with Crippen LogP contribution in [0.1, 0.15) is 10.4 Å². The first kappa shape index (κ1) is 10.1. The van der Waals surface area contributed by atoms with E-state index in [4.69, 9.17) is 0 Å². The Kier molecular flexibility index (Phi) is 2.85. The largest absolute Gasteiger partial charge is 0.298 e. The summed E-state index contributed by atoms with van der Waals surface area (Å²) in [6.45, 7) is 0. The molecule has 14 heavy (non-hydrogen) atoms. The first-order valence-electron chi connectivity index (χ1n) is 4.01. The van der Waals surface area contributed by atoms with Gasteiger partial charge in [-0.05, 0) is 24.5 Å². The molecule has 2 aromatic rings. The number of fused-ring (bicyclic) bond motifs is 1. The number of thiophene rings is 1. The Morgan fingerprint density at radius 3 is 2.93 bits per heavy atom. The first-order chi connectivity index (χ1) is 6.76. The molecule has 0 aliphatic rings. The highest BCUT2D eigenvalue weighted by Crippen LogP contribution is 2.34. The van der Waals surface area contributed by atoms with Crippen LogP contribution >= 0.6 is 35.7 Å². The summed E-state index contributed by atoms with van der Waals surface area (Å²) in [6, 6.07) is 5.93. The van der Waals surface area contributed by atoms with E-state index in [2.05, 4.69) is 12.6 Å². The molecule has 0 N–H and O–H groups in total. The van der Waals surface area contributed by atoms with Gasteiger partial charge in [-0.3, -0.25) is 4.79 Å². The Hall–Kier alpha value is -0.450. The highest BCUT2D eigenvalue weighted by atomic mass is 32.2. The molecule has 0 aliphatic heterocycles. The number of thioether (sulfide) groups is 1. The van der Waals surface area contributed by atoms with Crippen LogP contribution in [0, 0.1) is 0 Å². The fourth-order valence-electron chi connectivity index (χ4n) is 1.32. The number of hydrogen-bond acceptors (Lipinski definition) is 4. The van der Waals surface area contributed by atoms with Crippen molar-refractivity contribution in [2.45, 2.75) is 9.10 Å². The SMILES string of the molecule is CSc1cc2c(C=O)c(S)ccc2s1. The zero-order valence-corrected chi connectivity index (χ0v) is 10.0. The average molecular weight is 240 g/mol. The van der Waals surface area contributed by atoms with Crippen LogP contribution < -0.4 is 0 Å². The lowest BCUT2D eigenvalue weighted by molar-refractivity contribution is 0.112. The molecule has 0 saturated heterocycles. The van der Waals surface area contributed by atoms with E-state index < -0.39 is 0 Å². The zero-order valence-electron chi connectivity index (χ0n) is 7.48. The molecule has 2 rings (SSSR count). The maximum atomic E-state index is 10.9. The van der Waals surface area contributed by atoms with Crippen molar-refractivity contribution >= 4 is 52.1 Å². The van der Waals surface area contributed by atoms with Gasteiger partial charge in [0.2, 0.25) is 0 Å². The van der Waals surface area contributed by atoms with Crippen LogP contribution in [-0.4, -0.2) is 12.5 Å². The number of benzene rings is 1. The molecular weight excluding hydrogens is 232 g/mol. The third-order valence-corrected chi connectivity index (χ3v) is 4.57. The van der Waals surface area contributed by atoms with E-state index in [1.165, 1.54) is 4.21 Å². The Balaban J connectivity index is 2.79. The summed E-state index contributed by atoms with van der Waals surface area (Å²) in [7, 11) is 0. The Labute approximate surface area is 95.9 Å². The number of thiol groups is 1. The van der Waals surface area contributed by atoms with E-state index >= 15 is 0 Å². The predicted molar refractivity (Wildman–Crippen MR) is 66.2 cm³/mol. The summed E-state index contributed by atoms with van der Waals surface area (Å²) < 4.78 is 2.37. The second-order valence-electron chi connectivity index (χ2n) is 2.80. The fourth-order valence-corrected chi connectivity index (χ4v) is 3.22. The third kappa shape index (κ3) is 1.58. The summed E-state index contributed by atoms with van der Waals surface area (Å²) in [6.07, 6.45) is 2.91. The van der Waals surface area contributed by atoms with Crippen molar-refractivity contribution < 1.29 is 4.79 Å². The van der Waals surface area contributed by atoms with Crippen LogP contribution in [0.2, 0.25) is 0 Å². The van der Waals surface area contributed by atoms with Crippen LogP contribution in [0.5, 0.6) is 0 Å². The molecular formula is C10H8OS3. The van der Waals surface area contributed by atoms with Gasteiger partial charge in [-0.2, -0.15) is 0 Å². The molecule has 1 nitrogen and oxygen atoms in total. The second-order valence-corrected chi connectivity index (χ2v) is 5.47. The summed E-state index contributed by atoms with van der Waals surface area (Å²) >= 11 is 7.66. The van der Waals surface area contributed by atoms with E-state index in [0.717, 1.165) is 21.3 Å². The van der Waals surface area contributed by atoms with E-state index in [1.54, 1.807) is 23.1 Å². The number of rotatable bonds is 2. The Morgan fingerprint density at radius 1 is 1.50 bits per heavy atom. The summed E-state index contributed by atoms with van der Waals surface area (Å²) in [5.74, 6) is 0. The topological polar surface area (TPSA) is 17.1 Å². The highest BCUT2D eigenvalue weighted by molar-refractivity contribution is 8.00. The molecule has 0 amide bonds. The molecule has 0 unspecified atom stereocenters. The van der Waals surface area contributed by atoms with E-state index in [9.17, 15) is 4.79 Å². The van der Waals surface area contributed by atoms with Crippen LogP contribution in [-0.2, 0) is 0 Å². The molecule has 72 valence electrons. The van der Waals surface area contributed by atoms with Gasteiger partial charge in [-0.15, -0.1) is 35.7 Å². The van der Waals surface area contributed by atoms with Crippen molar-refractivity contribution in [3.63, 3.8) is 0 Å². The quantitative estimate of drug-likeness (QED) is 0.489. The number of hydrogen-bond donors (Lipinski definition) is 1. The molecule has 1 aromatic heterocycles. The number of carbonyl (C=O) groups is 1. The van der Waals surface area contributed by atoms with Crippen LogP contribution in [0.25, 0.3) is 10.1 Å². The smallest absolute Gasteiger partial charge is 0.151 e. The van der Waals surface area contributed by atoms with Crippen molar-refractivity contribution in [2.24, 2.45) is 0 Å². The molecule has 4 heteroatoms. The minimum atomic E-state index is 0.697. The van der Waals surface area contributed by atoms with Gasteiger partial charge in [-0.1, -0.05) is 0 Å². The van der Waals surface area contributed by atoms with Crippen molar-refractivity contribution in [1.82, 2.24) is 0 Å². The van der Waals surface area contributed by atoms with Gasteiger partial charge in [0, 0.05) is 20.5 Å². The molecule has 0 fully saturated rings. The zero-order chi connectivity index (χ0) is 10.1. The van der Waals surface area contributed by atoms with Gasteiger partial charge in [0.25, 0.3) is 0 Å². The second kappa shape index (κ2) is 3.96. The Bertz CT molecular complexity index is 487. The maximum absolute atomic E-state index is 10.9. The van der Waals surface area contributed by atoms with Crippen molar-refractivity contribution in [1.29, 1.82) is 0 Å². The van der Waals surface area contributed by atoms with Gasteiger partial charge in [0.05, 0.1) is 4.21 Å². The average Bonchev–Trinajstić information content (AvgIpc) is 2.60. The van der Waals surface area contributed by atoms with Gasteiger partial charge >= 0.3 is 0 Å². The monoisotopic (exact) mass is 240 g/mol. The Morgan fingerprint density at radius 2 is 2.29 bits per heavy atom. The lowest BCUT2D eigenvalue weighted by Crippen LogP contribution is -1.82. The molecule has 0 atom stereocenters. The van der Waals surface area contributed by atoms with Crippen molar-refractivity contribution in [2.75, 3.05) is 6.26 Å². The number of aldehydes is 1.